The fourth-order valence-electron chi connectivity index (χ4n) is 2.31. The second-order valence-corrected chi connectivity index (χ2v) is 5.99. The monoisotopic (exact) mass is 357 g/mol. The Morgan fingerprint density at radius 1 is 0.720 bits per heavy atom. The average Bonchev–Trinajstić information content (AvgIpc) is 2.54. The van der Waals surface area contributed by atoms with Gasteiger partial charge in [0.15, 0.2) is 0 Å². The van der Waals surface area contributed by atoms with Crippen molar-refractivity contribution in [2.45, 2.75) is 70.6 Å². The van der Waals surface area contributed by atoms with Crippen LogP contribution in [0.4, 0.5) is 0 Å². The first kappa shape index (κ1) is 23.0. The lowest BCUT2D eigenvalue weighted by Gasteiger charge is -2.05. The van der Waals surface area contributed by atoms with Crippen molar-refractivity contribution in [2.75, 3.05) is 13.2 Å². The molecule has 0 aliphatic carbocycles. The Kier molecular flexibility index (Phi) is 14.3. The molecule has 0 unspecified atom stereocenters. The molecule has 0 aromatic rings. The van der Waals surface area contributed by atoms with E-state index >= 15 is 0 Å². The van der Waals surface area contributed by atoms with E-state index in [1.807, 2.05) is 0 Å². The minimum absolute atomic E-state index is 0.0248. The molecule has 0 atom stereocenters. The summed E-state index contributed by atoms with van der Waals surface area (Å²) < 4.78 is 0. The summed E-state index contributed by atoms with van der Waals surface area (Å²) in [6.45, 7) is 0.564. The van der Waals surface area contributed by atoms with Crippen LogP contribution in [0.2, 0.25) is 0 Å². The highest BCUT2D eigenvalue weighted by molar-refractivity contribution is 5.96. The second kappa shape index (κ2) is 15.6. The van der Waals surface area contributed by atoms with Gasteiger partial charge >= 0.3 is 5.97 Å². The highest BCUT2D eigenvalue weighted by Crippen LogP contribution is 2.09. The second-order valence-electron chi connectivity index (χ2n) is 5.99. The largest absolute Gasteiger partial charge is 0.481 e. The lowest BCUT2D eigenvalue weighted by molar-refractivity contribution is -0.137. The van der Waals surface area contributed by atoms with Crippen LogP contribution < -0.4 is 16.4 Å². The molecule has 2 amide bonds. The van der Waals surface area contributed by atoms with Crippen molar-refractivity contribution in [3.63, 3.8) is 0 Å². The van der Waals surface area contributed by atoms with Gasteiger partial charge in [-0.25, -0.2) is 0 Å². The number of ketones is 1. The van der Waals surface area contributed by atoms with Crippen LogP contribution in [0.5, 0.6) is 0 Å². The van der Waals surface area contributed by atoms with Crippen molar-refractivity contribution >= 4 is 23.6 Å². The van der Waals surface area contributed by atoms with Gasteiger partial charge in [0.25, 0.3) is 0 Å². The maximum Gasteiger partial charge on any atom is 0.303 e. The number of hydrogen-bond acceptors (Lipinski definition) is 5. The Bertz CT molecular complexity index is 427. The van der Waals surface area contributed by atoms with Crippen molar-refractivity contribution in [3.8, 4) is 0 Å². The SMILES string of the molecule is NCNC(=O)CC(=O)NCCCCCCCC(=O)CCCCC(=O)O. The van der Waals surface area contributed by atoms with E-state index in [2.05, 4.69) is 10.6 Å². The molecule has 0 saturated carbocycles. The molecule has 144 valence electrons. The van der Waals surface area contributed by atoms with Gasteiger partial charge in [-0.3, -0.25) is 19.2 Å². The van der Waals surface area contributed by atoms with Crippen LogP contribution in [0.3, 0.4) is 0 Å². The zero-order valence-corrected chi connectivity index (χ0v) is 14.8. The summed E-state index contributed by atoms with van der Waals surface area (Å²) in [6, 6.07) is 0. The van der Waals surface area contributed by atoms with Crippen LogP contribution >= 0.6 is 0 Å². The van der Waals surface area contributed by atoms with Gasteiger partial charge in [0, 0.05) is 25.8 Å². The van der Waals surface area contributed by atoms with E-state index in [4.69, 9.17) is 10.8 Å². The Morgan fingerprint density at radius 3 is 1.88 bits per heavy atom. The zero-order valence-electron chi connectivity index (χ0n) is 14.8. The molecule has 0 fully saturated rings. The van der Waals surface area contributed by atoms with Crippen LogP contribution in [0, 0.1) is 0 Å². The summed E-state index contributed by atoms with van der Waals surface area (Å²) in [4.78, 5) is 44.5. The first-order valence-corrected chi connectivity index (χ1v) is 8.92. The van der Waals surface area contributed by atoms with Gasteiger partial charge in [-0.2, -0.15) is 0 Å². The Balaban J connectivity index is 3.38. The molecule has 0 bridgehead atoms. The first-order chi connectivity index (χ1) is 12.0. The number of unbranched alkanes of at least 4 members (excludes halogenated alkanes) is 5. The van der Waals surface area contributed by atoms with Crippen LogP contribution in [0.15, 0.2) is 0 Å². The summed E-state index contributed by atoms with van der Waals surface area (Å²) in [5.41, 5.74) is 5.14. The molecule has 0 spiro atoms. The topological polar surface area (TPSA) is 139 Å². The summed E-state index contributed by atoms with van der Waals surface area (Å²) in [7, 11) is 0. The summed E-state index contributed by atoms with van der Waals surface area (Å²) >= 11 is 0. The molecule has 0 aromatic carbocycles. The first-order valence-electron chi connectivity index (χ1n) is 8.92. The Hall–Kier alpha value is -1.96. The van der Waals surface area contributed by atoms with Gasteiger partial charge in [0.2, 0.25) is 11.8 Å². The number of carboxylic acids is 1. The Labute approximate surface area is 148 Å². The van der Waals surface area contributed by atoms with Gasteiger partial charge in [0.1, 0.15) is 12.2 Å². The quantitative estimate of drug-likeness (QED) is 0.185. The third-order valence-corrected chi connectivity index (χ3v) is 3.67. The van der Waals surface area contributed by atoms with E-state index in [0.717, 1.165) is 32.1 Å². The minimum atomic E-state index is -0.817. The predicted octanol–water partition coefficient (Wildman–Crippen LogP) is 1.08. The predicted molar refractivity (Wildman–Crippen MR) is 93.6 cm³/mol. The lowest BCUT2D eigenvalue weighted by atomic mass is 10.0. The molecule has 0 aliphatic heterocycles. The molecular weight excluding hydrogens is 326 g/mol. The number of nitrogens with two attached hydrogens (primary N) is 1. The highest BCUT2D eigenvalue weighted by atomic mass is 16.4. The smallest absolute Gasteiger partial charge is 0.303 e. The fraction of sp³-hybridized carbons (Fsp3) is 0.765. The van der Waals surface area contributed by atoms with Crippen LogP contribution in [0.1, 0.15) is 70.6 Å². The van der Waals surface area contributed by atoms with Crippen molar-refractivity contribution in [1.82, 2.24) is 10.6 Å². The maximum atomic E-state index is 11.6. The van der Waals surface area contributed by atoms with Crippen molar-refractivity contribution < 1.29 is 24.3 Å². The molecule has 5 N–H and O–H groups in total. The molecule has 0 rings (SSSR count). The molecule has 0 radical (unpaired) electrons. The summed E-state index contributed by atoms with van der Waals surface area (Å²) in [5.74, 6) is -1.30. The number of hydrogen-bond donors (Lipinski definition) is 4. The normalized spacial score (nSPS) is 10.3. The molecule has 0 aliphatic rings. The van der Waals surface area contributed by atoms with Gasteiger partial charge in [-0.15, -0.1) is 0 Å². The third-order valence-electron chi connectivity index (χ3n) is 3.67. The molecule has 0 aromatic heterocycles. The number of nitrogens with one attached hydrogen (secondary N) is 2. The average molecular weight is 357 g/mol. The number of amides is 2. The number of carboxylic acid groups (broad SMARTS) is 1. The number of rotatable bonds is 16. The van der Waals surface area contributed by atoms with Crippen molar-refractivity contribution in [2.24, 2.45) is 5.73 Å². The zero-order chi connectivity index (χ0) is 18.9. The molecule has 8 nitrogen and oxygen atoms in total. The highest BCUT2D eigenvalue weighted by Gasteiger charge is 2.07. The number of Topliss-reactive ketones (excluding diaryl/α,β-unsaturated/α-hetero) is 1. The standard InChI is InChI=1S/C17H31N3O5/c18-13-20-16(23)12-15(22)19-11-7-3-1-2-4-8-14(21)9-5-6-10-17(24)25/h1-13,18H2,(H,19,22)(H,20,23)(H,24,25). The van der Waals surface area contributed by atoms with Crippen LogP contribution in [-0.2, 0) is 19.2 Å². The molecule has 0 saturated heterocycles. The Morgan fingerprint density at radius 2 is 1.24 bits per heavy atom. The van der Waals surface area contributed by atoms with E-state index in [1.54, 1.807) is 0 Å². The number of carbonyl (C=O) groups is 4. The van der Waals surface area contributed by atoms with E-state index < -0.39 is 5.97 Å². The van der Waals surface area contributed by atoms with Gasteiger partial charge in [-0.1, -0.05) is 19.3 Å². The molecular formula is C17H31N3O5. The third kappa shape index (κ3) is 16.7. The number of aliphatic carboxylic acids is 1. The molecule has 8 heteroatoms. The summed E-state index contributed by atoms with van der Waals surface area (Å²) in [5, 5.41) is 13.5. The molecule has 25 heavy (non-hydrogen) atoms. The summed E-state index contributed by atoms with van der Waals surface area (Å²) in [6.07, 6.45) is 6.77. The van der Waals surface area contributed by atoms with Crippen molar-refractivity contribution in [3.05, 3.63) is 0 Å². The van der Waals surface area contributed by atoms with Crippen molar-refractivity contribution in [1.29, 1.82) is 0 Å². The maximum absolute atomic E-state index is 11.6. The van der Waals surface area contributed by atoms with E-state index in [-0.39, 0.29) is 37.1 Å². The number of carbonyl (C=O) groups excluding carboxylic acids is 3. The van der Waals surface area contributed by atoms with Gasteiger partial charge < -0.3 is 21.5 Å². The molecule has 0 heterocycles. The lowest BCUT2D eigenvalue weighted by Crippen LogP contribution is -2.35. The van der Waals surface area contributed by atoms with Gasteiger partial charge in [0.05, 0.1) is 6.67 Å². The van der Waals surface area contributed by atoms with E-state index in [1.165, 1.54) is 0 Å². The van der Waals surface area contributed by atoms with Crippen LogP contribution in [-0.4, -0.2) is 41.9 Å². The van der Waals surface area contributed by atoms with Crippen LogP contribution in [0.25, 0.3) is 0 Å². The van der Waals surface area contributed by atoms with E-state index in [0.29, 0.717) is 32.2 Å². The van der Waals surface area contributed by atoms with Gasteiger partial charge in [-0.05, 0) is 25.7 Å². The van der Waals surface area contributed by atoms with E-state index in [9.17, 15) is 19.2 Å². The minimum Gasteiger partial charge on any atom is -0.481 e. The fourth-order valence-corrected chi connectivity index (χ4v) is 2.31.